The Morgan fingerprint density at radius 3 is 2.79 bits per heavy atom. The van der Waals surface area contributed by atoms with Gasteiger partial charge in [-0.15, -0.1) is 0 Å². The summed E-state index contributed by atoms with van der Waals surface area (Å²) >= 11 is 0. The summed E-state index contributed by atoms with van der Waals surface area (Å²) < 4.78 is 7.22. The number of nitrogens with one attached hydrogen (secondary N) is 2. The number of hydrazine groups is 1. The maximum Gasteiger partial charge on any atom is 0.311 e. The summed E-state index contributed by atoms with van der Waals surface area (Å²) in [5.74, 6) is -0.129. The van der Waals surface area contributed by atoms with Crippen LogP contribution in [0.3, 0.4) is 0 Å². The van der Waals surface area contributed by atoms with E-state index in [2.05, 4.69) is 10.9 Å². The average Bonchev–Trinajstić information content (AvgIpc) is 3.21. The summed E-state index contributed by atoms with van der Waals surface area (Å²) in [7, 11) is 1.75. The van der Waals surface area contributed by atoms with Gasteiger partial charge in [-0.3, -0.25) is 15.0 Å². The number of phenols is 1. The van der Waals surface area contributed by atoms with Gasteiger partial charge in [0.15, 0.2) is 0 Å². The molecule has 29 heavy (non-hydrogen) atoms. The molecule has 0 aliphatic carbocycles. The number of fused-ring (bicyclic) bond motifs is 3. The van der Waals surface area contributed by atoms with Crippen LogP contribution in [0, 0.1) is 5.92 Å². The standard InChI is InChI=1S/C22H21N3O4/c1-25-17-8-3-2-7-14(17)21-19(22(25)28)15(10-18(27)29-21)16-11-23-24-20(16)12-5-4-6-13(26)9-12/h2-9,15-16,20,23-24,26H,10-11H2,1H3. The third kappa shape index (κ3) is 2.82. The van der Waals surface area contributed by atoms with Crippen molar-refractivity contribution in [1.29, 1.82) is 0 Å². The molecule has 0 bridgehead atoms. The topological polar surface area (TPSA) is 92.6 Å². The molecule has 148 valence electrons. The normalized spacial score (nSPS) is 23.8. The Morgan fingerprint density at radius 2 is 1.97 bits per heavy atom. The minimum absolute atomic E-state index is 0.0581. The molecule has 3 unspecified atom stereocenters. The van der Waals surface area contributed by atoms with Gasteiger partial charge in [-0.2, -0.15) is 0 Å². The van der Waals surface area contributed by atoms with Crippen LogP contribution >= 0.6 is 0 Å². The van der Waals surface area contributed by atoms with Crippen LogP contribution < -0.4 is 21.1 Å². The number of aromatic hydroxyl groups is 1. The Kier molecular flexibility index (Phi) is 4.15. The second-order valence-corrected chi connectivity index (χ2v) is 7.67. The van der Waals surface area contributed by atoms with Crippen LogP contribution in [0.1, 0.15) is 29.5 Å². The van der Waals surface area contributed by atoms with E-state index in [4.69, 9.17) is 4.74 Å². The van der Waals surface area contributed by atoms with E-state index in [1.807, 2.05) is 30.3 Å². The molecule has 0 spiro atoms. The number of benzene rings is 2. The SMILES string of the molecule is Cn1c(=O)c2c(c3ccccc31)OC(=O)CC2C1CNNC1c1cccc(O)c1. The molecule has 2 aliphatic heterocycles. The number of pyridine rings is 1. The molecule has 2 aliphatic rings. The third-order valence-electron chi connectivity index (χ3n) is 6.03. The van der Waals surface area contributed by atoms with Gasteiger partial charge in [0.25, 0.3) is 5.56 Å². The van der Waals surface area contributed by atoms with Crippen LogP contribution in [-0.4, -0.2) is 22.2 Å². The summed E-state index contributed by atoms with van der Waals surface area (Å²) in [6.07, 6.45) is 0.143. The molecule has 0 saturated carbocycles. The molecule has 7 nitrogen and oxygen atoms in total. The number of hydrogen-bond donors (Lipinski definition) is 3. The molecular formula is C22H21N3O4. The first kappa shape index (κ1) is 17.9. The monoisotopic (exact) mass is 391 g/mol. The molecule has 2 aromatic carbocycles. The van der Waals surface area contributed by atoms with Crippen LogP contribution in [-0.2, 0) is 11.8 Å². The van der Waals surface area contributed by atoms with Crippen molar-refractivity contribution < 1.29 is 14.6 Å². The Bertz CT molecular complexity index is 1190. The van der Waals surface area contributed by atoms with E-state index < -0.39 is 0 Å². The van der Waals surface area contributed by atoms with Gasteiger partial charge in [-0.1, -0.05) is 24.3 Å². The first-order valence-electron chi connectivity index (χ1n) is 9.64. The van der Waals surface area contributed by atoms with Gasteiger partial charge in [0.1, 0.15) is 11.5 Å². The zero-order chi connectivity index (χ0) is 20.1. The molecular weight excluding hydrogens is 370 g/mol. The van der Waals surface area contributed by atoms with Crippen molar-refractivity contribution in [2.75, 3.05) is 6.54 Å². The second kappa shape index (κ2) is 6.72. The first-order valence-corrected chi connectivity index (χ1v) is 9.64. The number of hydrogen-bond acceptors (Lipinski definition) is 6. The summed E-state index contributed by atoms with van der Waals surface area (Å²) in [4.78, 5) is 25.8. The smallest absolute Gasteiger partial charge is 0.311 e. The number of phenolic OH excluding ortho intramolecular Hbond substituents is 1. The van der Waals surface area contributed by atoms with Crippen LogP contribution in [0.25, 0.3) is 10.9 Å². The third-order valence-corrected chi connectivity index (χ3v) is 6.03. The van der Waals surface area contributed by atoms with Crippen LogP contribution in [0.5, 0.6) is 11.5 Å². The highest BCUT2D eigenvalue weighted by molar-refractivity contribution is 5.91. The Labute approximate surface area is 166 Å². The molecule has 1 aromatic heterocycles. The Hall–Kier alpha value is -3.16. The Balaban J connectivity index is 1.68. The fourth-order valence-corrected chi connectivity index (χ4v) is 4.66. The van der Waals surface area contributed by atoms with Gasteiger partial charge in [-0.25, -0.2) is 5.43 Å². The molecule has 3 atom stereocenters. The molecule has 1 fully saturated rings. The number of rotatable bonds is 2. The highest BCUT2D eigenvalue weighted by Crippen LogP contribution is 2.45. The number of esters is 1. The van der Waals surface area contributed by atoms with Crippen molar-refractivity contribution in [1.82, 2.24) is 15.4 Å². The van der Waals surface area contributed by atoms with Gasteiger partial charge in [0.05, 0.1) is 23.5 Å². The lowest BCUT2D eigenvalue weighted by Crippen LogP contribution is -2.36. The summed E-state index contributed by atoms with van der Waals surface area (Å²) in [6, 6.07) is 14.4. The van der Waals surface area contributed by atoms with E-state index in [1.54, 1.807) is 29.8 Å². The van der Waals surface area contributed by atoms with Crippen molar-refractivity contribution in [2.45, 2.75) is 18.4 Å². The molecule has 3 heterocycles. The molecule has 3 N–H and O–H groups in total. The average molecular weight is 391 g/mol. The van der Waals surface area contributed by atoms with E-state index in [0.717, 1.165) is 16.5 Å². The lowest BCUT2D eigenvalue weighted by Gasteiger charge is -2.32. The van der Waals surface area contributed by atoms with Crippen LogP contribution in [0.15, 0.2) is 53.3 Å². The van der Waals surface area contributed by atoms with E-state index in [1.165, 1.54) is 0 Å². The van der Waals surface area contributed by atoms with Gasteiger partial charge in [-0.05, 0) is 29.8 Å². The van der Waals surface area contributed by atoms with Gasteiger partial charge in [0, 0.05) is 30.8 Å². The summed E-state index contributed by atoms with van der Waals surface area (Å²) in [5.41, 5.74) is 8.45. The fraction of sp³-hybridized carbons (Fsp3) is 0.273. The van der Waals surface area contributed by atoms with Crippen molar-refractivity contribution >= 4 is 16.9 Å². The summed E-state index contributed by atoms with van der Waals surface area (Å²) in [5, 5.41) is 10.7. The van der Waals surface area contributed by atoms with Gasteiger partial charge < -0.3 is 14.4 Å². The van der Waals surface area contributed by atoms with Crippen molar-refractivity contribution in [3.05, 3.63) is 70.0 Å². The number of aromatic nitrogens is 1. The van der Waals surface area contributed by atoms with Crippen molar-refractivity contribution in [2.24, 2.45) is 13.0 Å². The zero-order valence-electron chi connectivity index (χ0n) is 15.9. The quantitative estimate of drug-likeness (QED) is 0.580. The minimum Gasteiger partial charge on any atom is -0.508 e. The van der Waals surface area contributed by atoms with E-state index >= 15 is 0 Å². The van der Waals surface area contributed by atoms with Crippen molar-refractivity contribution in [3.63, 3.8) is 0 Å². The highest BCUT2D eigenvalue weighted by atomic mass is 16.5. The maximum atomic E-state index is 13.3. The lowest BCUT2D eigenvalue weighted by molar-refractivity contribution is -0.136. The van der Waals surface area contributed by atoms with Crippen LogP contribution in [0.2, 0.25) is 0 Å². The van der Waals surface area contributed by atoms with Crippen molar-refractivity contribution in [3.8, 4) is 11.5 Å². The molecule has 0 amide bonds. The number of ether oxygens (including phenoxy) is 1. The predicted octanol–water partition coefficient (Wildman–Crippen LogP) is 2.10. The van der Waals surface area contributed by atoms with Crippen LogP contribution in [0.4, 0.5) is 0 Å². The number of aryl methyl sites for hydroxylation is 1. The molecule has 3 aromatic rings. The molecule has 7 heteroatoms. The lowest BCUT2D eigenvalue weighted by atomic mass is 9.77. The highest BCUT2D eigenvalue weighted by Gasteiger charge is 2.42. The van der Waals surface area contributed by atoms with Gasteiger partial charge >= 0.3 is 5.97 Å². The second-order valence-electron chi connectivity index (χ2n) is 7.67. The van der Waals surface area contributed by atoms with E-state index in [0.29, 0.717) is 17.9 Å². The summed E-state index contributed by atoms with van der Waals surface area (Å²) in [6.45, 7) is 0.591. The largest absolute Gasteiger partial charge is 0.508 e. The first-order chi connectivity index (χ1) is 14.0. The van der Waals surface area contributed by atoms with E-state index in [-0.39, 0.29) is 41.6 Å². The van der Waals surface area contributed by atoms with Gasteiger partial charge in [0.2, 0.25) is 0 Å². The number of carbonyl (C=O) groups is 1. The predicted molar refractivity (Wildman–Crippen MR) is 108 cm³/mol. The van der Waals surface area contributed by atoms with E-state index in [9.17, 15) is 14.7 Å². The zero-order valence-corrected chi connectivity index (χ0v) is 15.9. The number of nitrogens with zero attached hydrogens (tertiary/aromatic N) is 1. The Morgan fingerprint density at radius 1 is 1.14 bits per heavy atom. The maximum absolute atomic E-state index is 13.3. The molecule has 1 saturated heterocycles. The molecule has 0 radical (unpaired) electrons. The molecule has 5 rings (SSSR count). The number of carbonyl (C=O) groups excluding carboxylic acids is 1. The fourth-order valence-electron chi connectivity index (χ4n) is 4.66. The number of para-hydroxylation sites is 1. The minimum atomic E-state index is -0.331.